The summed E-state index contributed by atoms with van der Waals surface area (Å²) >= 11 is 0. The molecule has 0 radical (unpaired) electrons. The third kappa shape index (κ3) is 9.41. The molecule has 26 rings (SSSR count). The van der Waals surface area contributed by atoms with Crippen LogP contribution in [0.4, 0.5) is 79.6 Å². The van der Waals surface area contributed by atoms with Crippen molar-refractivity contribution in [3.05, 3.63) is 355 Å². The Morgan fingerprint density at radius 2 is 0.633 bits per heavy atom. The average Bonchev–Trinajstić information content (AvgIpc) is 0.804. The summed E-state index contributed by atoms with van der Waals surface area (Å²) in [5.74, 6) is 1.59. The maximum atomic E-state index is 8.16. The van der Waals surface area contributed by atoms with Crippen LogP contribution in [0, 0.1) is 41.5 Å². The number of nitrogens with zero attached hydrogens (tertiary/aromatic N) is 4. The highest BCUT2D eigenvalue weighted by Gasteiger charge is 2.51. The number of fused-ring (bicyclic) bond motifs is 21. The number of para-hydroxylation sites is 10. The number of anilines is 14. The van der Waals surface area contributed by atoms with E-state index in [9.17, 15) is 0 Å². The van der Waals surface area contributed by atoms with Crippen LogP contribution in [0.25, 0.3) is 99.2 Å². The molecule has 0 aliphatic carbocycles. The minimum Gasteiger partial charge on any atom is -0.458 e. The van der Waals surface area contributed by atoms with Crippen LogP contribution in [0.5, 0.6) is 11.5 Å². The third-order valence-electron chi connectivity index (χ3n) is 26.7. The fourth-order valence-electron chi connectivity index (χ4n) is 22.1. The zero-order valence-electron chi connectivity index (χ0n) is 66.8. The molecule has 6 aliphatic heterocycles. The van der Waals surface area contributed by atoms with Crippen LogP contribution in [0.1, 0.15) is 33.4 Å². The van der Waals surface area contributed by atoms with E-state index in [0.29, 0.717) is 0 Å². The molecule has 0 saturated heterocycles. The van der Waals surface area contributed by atoms with E-state index in [0.717, 1.165) is 201 Å². The summed E-state index contributed by atoms with van der Waals surface area (Å²) in [6.45, 7) is 12.8. The smallest absolute Gasteiger partial charge is 0.256 e. The molecular formula is C108H72B3N5O4. The number of nitrogens with one attached hydrogen (secondary N) is 1. The predicted octanol–water partition coefficient (Wildman–Crippen LogP) is 23.1. The first-order valence-corrected chi connectivity index (χ1v) is 41.7. The molecule has 3 aromatic heterocycles. The number of ether oxygens (including phenoxy) is 1. The number of benzene rings is 17. The minimum absolute atomic E-state index is 0.213. The van der Waals surface area contributed by atoms with Crippen molar-refractivity contribution < 1.29 is 18.0 Å². The second-order valence-corrected chi connectivity index (χ2v) is 33.7. The number of furan rings is 3. The van der Waals surface area contributed by atoms with Crippen molar-refractivity contribution in [2.75, 3.05) is 24.9 Å². The third-order valence-corrected chi connectivity index (χ3v) is 26.7. The van der Waals surface area contributed by atoms with Gasteiger partial charge in [-0.1, -0.05) is 230 Å². The molecule has 0 bridgehead atoms. The van der Waals surface area contributed by atoms with E-state index < -0.39 is 0 Å². The van der Waals surface area contributed by atoms with Crippen LogP contribution in [-0.2, 0) is 0 Å². The first kappa shape index (κ1) is 67.3. The van der Waals surface area contributed by atoms with Crippen molar-refractivity contribution in [2.24, 2.45) is 0 Å². The molecule has 0 fully saturated rings. The summed E-state index contributed by atoms with van der Waals surface area (Å²) in [6, 6.07) is 119. The Hall–Kier alpha value is -14.9. The molecule has 0 amide bonds. The van der Waals surface area contributed by atoms with E-state index in [2.05, 4.69) is 388 Å². The van der Waals surface area contributed by atoms with Gasteiger partial charge in [0.05, 0.1) is 11.4 Å². The summed E-state index contributed by atoms with van der Waals surface area (Å²) in [5.41, 5.74) is 44.2. The van der Waals surface area contributed by atoms with Gasteiger partial charge in [0.25, 0.3) is 20.1 Å². The molecule has 1 N–H and O–H groups in total. The van der Waals surface area contributed by atoms with Gasteiger partial charge in [0.1, 0.15) is 45.0 Å². The first-order valence-electron chi connectivity index (χ1n) is 41.7. The maximum Gasteiger partial charge on any atom is 0.256 e. The zero-order valence-corrected chi connectivity index (χ0v) is 66.8. The average molecular weight is 1540 g/mol. The van der Waals surface area contributed by atoms with Crippen LogP contribution < -0.4 is 78.8 Å². The highest BCUT2D eigenvalue weighted by atomic mass is 16.5. The Morgan fingerprint density at radius 1 is 0.250 bits per heavy atom. The largest absolute Gasteiger partial charge is 0.458 e. The lowest BCUT2D eigenvalue weighted by Crippen LogP contribution is -2.65. The highest BCUT2D eigenvalue weighted by molar-refractivity contribution is 7.04. The molecule has 120 heavy (non-hydrogen) atoms. The summed E-state index contributed by atoms with van der Waals surface area (Å²) < 4.78 is 29.2. The van der Waals surface area contributed by atoms with Crippen LogP contribution in [0.15, 0.2) is 335 Å². The van der Waals surface area contributed by atoms with Gasteiger partial charge in [0, 0.05) is 123 Å². The summed E-state index contributed by atoms with van der Waals surface area (Å²) in [4.78, 5) is 10.2. The van der Waals surface area contributed by atoms with Crippen molar-refractivity contribution in [1.82, 2.24) is 0 Å². The van der Waals surface area contributed by atoms with Crippen molar-refractivity contribution in [2.45, 2.75) is 41.5 Å². The van der Waals surface area contributed by atoms with Gasteiger partial charge in [-0.2, -0.15) is 0 Å². The maximum absolute atomic E-state index is 8.16. The van der Waals surface area contributed by atoms with E-state index in [4.69, 9.17) is 18.0 Å². The number of aryl methyl sites for hydroxylation is 6. The summed E-state index contributed by atoms with van der Waals surface area (Å²) in [7, 11) is 0. The standard InChI is InChI=1S/C108H72B3N5O4/c1-60-46-62(3)104(63(4)47-60)115-90-58-86-82(109-80-39-16-18-41-88(80)113(69-26-9-7-10-27-69)92-51-66(50-87(112-86)101(92)109)71-33-23-36-77-74-30-13-20-43-96(74)118-106(71)77)56-83(90)111-85-57-84-91(59-99(85)117-100-55-68(54-95(115)103(100)111)73-35-25-38-79-76-32-15-22-45-98(76)120-108(73)79)116(105-64(5)48-61(2)49-65(105)6)94-53-67(72-34-24-37-78-75-31-14-21-44-97(75)119-107(72)78)52-93-102(94)110(84)81-40-17-19-42-89(81)114(93)70-28-11-8-12-29-70/h7-59,112H,1-6H3. The van der Waals surface area contributed by atoms with Crippen LogP contribution in [0.3, 0.4) is 0 Å². The molecular weight excluding hydrogens is 1460 g/mol. The topological polar surface area (TPSA) is 73.6 Å². The molecule has 17 aromatic carbocycles. The van der Waals surface area contributed by atoms with E-state index >= 15 is 0 Å². The number of hydrogen-bond acceptors (Lipinski definition) is 9. The molecule has 20 aromatic rings. The Bertz CT molecular complexity index is 7910. The second-order valence-electron chi connectivity index (χ2n) is 33.7. The second kappa shape index (κ2) is 24.8. The van der Waals surface area contributed by atoms with Crippen molar-refractivity contribution in [1.29, 1.82) is 0 Å². The molecule has 12 heteroatoms. The number of rotatable bonds is 7. The van der Waals surface area contributed by atoms with E-state index in [1.807, 2.05) is 0 Å². The van der Waals surface area contributed by atoms with Crippen molar-refractivity contribution in [3.8, 4) is 44.9 Å². The predicted molar refractivity (Wildman–Crippen MR) is 502 cm³/mol. The van der Waals surface area contributed by atoms with E-state index in [1.54, 1.807) is 0 Å². The fourth-order valence-corrected chi connectivity index (χ4v) is 22.1. The quantitative estimate of drug-likeness (QED) is 0.157. The Morgan fingerprint density at radius 3 is 1.13 bits per heavy atom. The highest BCUT2D eigenvalue weighted by Crippen LogP contribution is 2.54. The van der Waals surface area contributed by atoms with Crippen LogP contribution >= 0.6 is 0 Å². The molecule has 9 nitrogen and oxygen atoms in total. The van der Waals surface area contributed by atoms with Gasteiger partial charge in [-0.05, 0) is 227 Å². The lowest BCUT2D eigenvalue weighted by Gasteiger charge is -2.46. The minimum atomic E-state index is -0.376. The SMILES string of the molecule is Cc1cc(C)c(N2c3cc4c(cc3B3c5cc6c(cc5Oc5cc(-c7cccc8c7oc7ccccc78)cc2c53)N(c2c(C)cc(C)cc2C)c2cc(-c3cccc5c3oc3ccccc35)cc3c2B6c2ccccc2N3c2ccccc2)B2c3ccccc3N(c3ccccc3)c3cc(-c5cccc6c5oc5ccccc56)cc(c32)N4)c(C)c1. The van der Waals surface area contributed by atoms with Gasteiger partial charge in [-0.25, -0.2) is 0 Å². The van der Waals surface area contributed by atoms with E-state index in [1.165, 1.54) is 71.6 Å². The molecule has 0 unspecified atom stereocenters. The molecule has 562 valence electrons. The Kier molecular flexibility index (Phi) is 13.9. The number of hydrogen-bond donors (Lipinski definition) is 1. The molecule has 0 spiro atoms. The first-order chi connectivity index (χ1) is 59.0. The Labute approximate surface area is 694 Å². The van der Waals surface area contributed by atoms with Gasteiger partial charge in [-0.15, -0.1) is 0 Å². The monoisotopic (exact) mass is 1540 g/mol. The fraction of sp³-hybridized carbons (Fsp3) is 0.0556. The molecule has 6 aliphatic rings. The van der Waals surface area contributed by atoms with Gasteiger partial charge < -0.3 is 42.9 Å². The molecule has 0 saturated carbocycles. The van der Waals surface area contributed by atoms with Gasteiger partial charge >= 0.3 is 0 Å². The van der Waals surface area contributed by atoms with Gasteiger partial charge in [0.2, 0.25) is 0 Å². The molecule has 9 heterocycles. The van der Waals surface area contributed by atoms with Gasteiger partial charge in [0.15, 0.2) is 0 Å². The lowest BCUT2D eigenvalue weighted by molar-refractivity contribution is 0.488. The lowest BCUT2D eigenvalue weighted by atomic mass is 9.29. The van der Waals surface area contributed by atoms with Gasteiger partial charge in [-0.3, -0.25) is 0 Å². The Balaban J connectivity index is 0.769. The summed E-state index contributed by atoms with van der Waals surface area (Å²) in [5, 5.41) is 10.8. The normalized spacial score (nSPS) is 13.6. The van der Waals surface area contributed by atoms with Crippen LogP contribution in [0.2, 0.25) is 0 Å². The van der Waals surface area contributed by atoms with Crippen molar-refractivity contribution >= 4 is 215 Å². The van der Waals surface area contributed by atoms with Crippen LogP contribution in [-0.4, -0.2) is 20.1 Å². The van der Waals surface area contributed by atoms with Crippen molar-refractivity contribution in [3.63, 3.8) is 0 Å². The summed E-state index contributed by atoms with van der Waals surface area (Å²) in [6.07, 6.45) is 0. The van der Waals surface area contributed by atoms with E-state index in [-0.39, 0.29) is 20.1 Å². The molecule has 0 atom stereocenters. The zero-order chi connectivity index (χ0) is 79.3.